The number of aromatic nitrogens is 3. The molecule has 0 aliphatic rings. The fourth-order valence-corrected chi connectivity index (χ4v) is 4.85. The lowest BCUT2D eigenvalue weighted by atomic mass is 10.0. The fourth-order valence-electron chi connectivity index (χ4n) is 3.54. The summed E-state index contributed by atoms with van der Waals surface area (Å²) in [5, 5.41) is 16.0. The Hall–Kier alpha value is -2.55. The molecule has 35 heavy (non-hydrogen) atoms. The molecule has 2 N–H and O–H groups in total. The largest absolute Gasteiger partial charge is 0.342 e. The molecule has 1 atom stereocenters. The Kier molecular flexibility index (Phi) is 9.21. The van der Waals surface area contributed by atoms with Crippen molar-refractivity contribution in [3.63, 3.8) is 0 Å². The number of hydrogen-bond acceptors (Lipinski definition) is 5. The van der Waals surface area contributed by atoms with Crippen molar-refractivity contribution in [3.05, 3.63) is 69.0 Å². The zero-order valence-corrected chi connectivity index (χ0v) is 22.7. The van der Waals surface area contributed by atoms with Crippen molar-refractivity contribution >= 4 is 52.5 Å². The molecule has 0 radical (unpaired) electrons. The van der Waals surface area contributed by atoms with Crippen LogP contribution in [0.4, 0.5) is 5.69 Å². The average molecular weight is 535 g/mol. The predicted octanol–water partition coefficient (Wildman–Crippen LogP) is 6.08. The molecule has 0 fully saturated rings. The van der Waals surface area contributed by atoms with Gasteiger partial charge in [-0.25, -0.2) is 0 Å². The maximum atomic E-state index is 13.0. The summed E-state index contributed by atoms with van der Waals surface area (Å²) in [5.41, 5.74) is 3.22. The molecule has 3 aromatic rings. The lowest BCUT2D eigenvalue weighted by molar-refractivity contribution is -0.113. The molecule has 7 nitrogen and oxygen atoms in total. The van der Waals surface area contributed by atoms with Gasteiger partial charge < -0.3 is 15.2 Å². The SMILES string of the molecule is CCn1c(SCC(=O)Nc2cc(C)ccc2C)nnc1[C@@H](NC(=O)c1ccc(Cl)cc1Cl)C(C)C. The second kappa shape index (κ2) is 11.9. The number of carbonyl (C=O) groups is 2. The number of amides is 2. The summed E-state index contributed by atoms with van der Waals surface area (Å²) in [6.45, 7) is 10.5. The number of thioether (sulfide) groups is 1. The van der Waals surface area contributed by atoms with Crippen LogP contribution in [0.1, 0.15) is 54.1 Å². The molecule has 0 aliphatic heterocycles. The Morgan fingerprint density at radius 1 is 1.09 bits per heavy atom. The van der Waals surface area contributed by atoms with E-state index in [0.29, 0.717) is 28.1 Å². The highest BCUT2D eigenvalue weighted by molar-refractivity contribution is 7.99. The molecule has 0 bridgehead atoms. The Morgan fingerprint density at radius 3 is 2.49 bits per heavy atom. The van der Waals surface area contributed by atoms with Gasteiger partial charge in [-0.05, 0) is 62.1 Å². The average Bonchev–Trinajstić information content (AvgIpc) is 3.20. The monoisotopic (exact) mass is 533 g/mol. The summed E-state index contributed by atoms with van der Waals surface area (Å²) in [5.74, 6) is 0.397. The molecule has 2 aromatic carbocycles. The topological polar surface area (TPSA) is 88.9 Å². The highest BCUT2D eigenvalue weighted by Crippen LogP contribution is 2.27. The molecule has 0 aliphatic carbocycles. The first-order chi connectivity index (χ1) is 16.6. The molecule has 0 spiro atoms. The molecule has 0 unspecified atom stereocenters. The number of anilines is 1. The van der Waals surface area contributed by atoms with Crippen molar-refractivity contribution in [2.24, 2.45) is 5.92 Å². The third kappa shape index (κ3) is 6.78. The second-order valence-corrected chi connectivity index (χ2v) is 10.3. The van der Waals surface area contributed by atoms with E-state index in [1.54, 1.807) is 12.1 Å². The van der Waals surface area contributed by atoms with Crippen LogP contribution in [0.2, 0.25) is 10.0 Å². The van der Waals surface area contributed by atoms with E-state index in [4.69, 9.17) is 23.2 Å². The number of nitrogens with one attached hydrogen (secondary N) is 2. The Morgan fingerprint density at radius 2 is 1.83 bits per heavy atom. The molecular formula is C25H29Cl2N5O2S. The van der Waals surface area contributed by atoms with Gasteiger partial charge >= 0.3 is 0 Å². The minimum Gasteiger partial charge on any atom is -0.342 e. The fraction of sp³-hybridized carbons (Fsp3) is 0.360. The standard InChI is InChI=1S/C25H29Cl2N5O2S/c1-6-32-23(22(14(2)3)29-24(34)18-10-9-17(26)12-19(18)27)30-31-25(32)35-13-21(33)28-20-11-15(4)7-8-16(20)5/h7-12,14,22H,6,13H2,1-5H3,(H,28,33)(H,29,34)/t22-/m0/s1. The number of hydrogen-bond donors (Lipinski definition) is 2. The second-order valence-electron chi connectivity index (χ2n) is 8.56. The number of nitrogens with zero attached hydrogens (tertiary/aromatic N) is 3. The zero-order chi connectivity index (χ0) is 25.7. The van der Waals surface area contributed by atoms with Gasteiger partial charge in [0.05, 0.1) is 22.4 Å². The summed E-state index contributed by atoms with van der Waals surface area (Å²) in [4.78, 5) is 25.5. The van der Waals surface area contributed by atoms with Crippen molar-refractivity contribution in [2.75, 3.05) is 11.1 Å². The van der Waals surface area contributed by atoms with Gasteiger partial charge in [0, 0.05) is 17.3 Å². The first kappa shape index (κ1) is 27.0. The maximum absolute atomic E-state index is 13.0. The summed E-state index contributed by atoms with van der Waals surface area (Å²) in [6.07, 6.45) is 0. The maximum Gasteiger partial charge on any atom is 0.253 e. The normalized spacial score (nSPS) is 12.0. The highest BCUT2D eigenvalue weighted by atomic mass is 35.5. The van der Waals surface area contributed by atoms with E-state index in [-0.39, 0.29) is 28.5 Å². The molecule has 186 valence electrons. The number of aryl methyl sites for hydroxylation is 2. The first-order valence-corrected chi connectivity index (χ1v) is 13.0. The van der Waals surface area contributed by atoms with E-state index >= 15 is 0 Å². The number of rotatable bonds is 9. The predicted molar refractivity (Wildman–Crippen MR) is 142 cm³/mol. The van der Waals surface area contributed by atoms with E-state index in [1.165, 1.54) is 17.8 Å². The van der Waals surface area contributed by atoms with E-state index in [1.807, 2.05) is 57.4 Å². The molecule has 0 saturated carbocycles. The van der Waals surface area contributed by atoms with Gasteiger partial charge in [0.1, 0.15) is 0 Å². The van der Waals surface area contributed by atoms with Gasteiger partial charge in [0.25, 0.3) is 5.91 Å². The lowest BCUT2D eigenvalue weighted by Crippen LogP contribution is -2.34. The van der Waals surface area contributed by atoms with Crippen molar-refractivity contribution in [2.45, 2.75) is 52.4 Å². The third-order valence-electron chi connectivity index (χ3n) is 5.47. The van der Waals surface area contributed by atoms with Gasteiger partial charge in [-0.15, -0.1) is 10.2 Å². The first-order valence-electron chi connectivity index (χ1n) is 11.3. The third-order valence-corrected chi connectivity index (χ3v) is 6.98. The summed E-state index contributed by atoms with van der Waals surface area (Å²) >= 11 is 13.5. The minimum absolute atomic E-state index is 0.0324. The van der Waals surface area contributed by atoms with E-state index in [2.05, 4.69) is 20.8 Å². The molecule has 10 heteroatoms. The smallest absolute Gasteiger partial charge is 0.253 e. The molecule has 0 saturated heterocycles. The van der Waals surface area contributed by atoms with Crippen LogP contribution >= 0.6 is 35.0 Å². The summed E-state index contributed by atoms with van der Waals surface area (Å²) in [6, 6.07) is 10.3. The van der Waals surface area contributed by atoms with Crippen molar-refractivity contribution in [1.82, 2.24) is 20.1 Å². The van der Waals surface area contributed by atoms with Crippen LogP contribution in [0.15, 0.2) is 41.6 Å². The Bertz CT molecular complexity index is 1230. The van der Waals surface area contributed by atoms with E-state index in [9.17, 15) is 9.59 Å². The number of halogens is 2. The van der Waals surface area contributed by atoms with Crippen molar-refractivity contribution in [1.29, 1.82) is 0 Å². The van der Waals surface area contributed by atoms with Crippen molar-refractivity contribution in [3.8, 4) is 0 Å². The minimum atomic E-state index is -0.403. The van der Waals surface area contributed by atoms with Crippen molar-refractivity contribution < 1.29 is 9.59 Å². The van der Waals surface area contributed by atoms with Gasteiger partial charge in [-0.1, -0.05) is 60.9 Å². The highest BCUT2D eigenvalue weighted by Gasteiger charge is 2.27. The van der Waals surface area contributed by atoms with Gasteiger partial charge in [0.15, 0.2) is 11.0 Å². The number of carbonyl (C=O) groups excluding carboxylic acids is 2. The van der Waals surface area contributed by atoms with Crippen LogP contribution in [0.25, 0.3) is 0 Å². The van der Waals surface area contributed by atoms with Crippen LogP contribution in [-0.2, 0) is 11.3 Å². The zero-order valence-electron chi connectivity index (χ0n) is 20.4. The Labute approximate surface area is 220 Å². The van der Waals surface area contributed by atoms with Crippen LogP contribution in [0, 0.1) is 19.8 Å². The quantitative estimate of drug-likeness (QED) is 0.325. The number of benzene rings is 2. The van der Waals surface area contributed by atoms with Gasteiger partial charge in [-0.3, -0.25) is 9.59 Å². The molecule has 1 heterocycles. The van der Waals surface area contributed by atoms with Crippen LogP contribution in [0.5, 0.6) is 0 Å². The van der Waals surface area contributed by atoms with Gasteiger partial charge in [0.2, 0.25) is 5.91 Å². The molecule has 3 rings (SSSR count). The Balaban J connectivity index is 1.74. The van der Waals surface area contributed by atoms with Crippen LogP contribution < -0.4 is 10.6 Å². The molecule has 1 aromatic heterocycles. The van der Waals surface area contributed by atoms with E-state index in [0.717, 1.165) is 16.8 Å². The van der Waals surface area contributed by atoms with Crippen LogP contribution in [-0.4, -0.2) is 32.3 Å². The lowest BCUT2D eigenvalue weighted by Gasteiger charge is -2.22. The molecular weight excluding hydrogens is 505 g/mol. The van der Waals surface area contributed by atoms with E-state index < -0.39 is 6.04 Å². The summed E-state index contributed by atoms with van der Waals surface area (Å²) < 4.78 is 1.92. The van der Waals surface area contributed by atoms with Crippen LogP contribution in [0.3, 0.4) is 0 Å². The summed E-state index contributed by atoms with van der Waals surface area (Å²) in [7, 11) is 0. The van der Waals surface area contributed by atoms with Gasteiger partial charge in [-0.2, -0.15) is 0 Å². The molecule has 2 amide bonds.